The second-order valence-electron chi connectivity index (χ2n) is 7.62. The van der Waals surface area contributed by atoms with Crippen molar-refractivity contribution in [3.63, 3.8) is 0 Å². The predicted octanol–water partition coefficient (Wildman–Crippen LogP) is 4.36. The van der Waals surface area contributed by atoms with Gasteiger partial charge in [-0.1, -0.05) is 65.8 Å². The molecule has 1 aliphatic carbocycles. The fraction of sp³-hybridized carbons (Fsp3) is 0.273. The summed E-state index contributed by atoms with van der Waals surface area (Å²) in [6.45, 7) is 1.67. The molecule has 1 aromatic heterocycles. The van der Waals surface area contributed by atoms with E-state index in [-0.39, 0.29) is 5.91 Å². The highest BCUT2D eigenvalue weighted by Crippen LogP contribution is 2.56. The fourth-order valence-electron chi connectivity index (χ4n) is 4.39. The van der Waals surface area contributed by atoms with Gasteiger partial charge in [-0.3, -0.25) is 4.79 Å². The van der Waals surface area contributed by atoms with Crippen molar-refractivity contribution in [1.29, 1.82) is 0 Å². The summed E-state index contributed by atoms with van der Waals surface area (Å²) in [7, 11) is 0. The van der Waals surface area contributed by atoms with E-state index in [1.807, 2.05) is 35.2 Å². The van der Waals surface area contributed by atoms with Gasteiger partial charge in [0, 0.05) is 30.1 Å². The van der Waals surface area contributed by atoms with E-state index >= 15 is 0 Å². The molecule has 0 unspecified atom stereocenters. The van der Waals surface area contributed by atoms with Crippen LogP contribution < -0.4 is 0 Å². The van der Waals surface area contributed by atoms with Crippen molar-refractivity contribution < 1.29 is 9.32 Å². The van der Waals surface area contributed by atoms with Crippen molar-refractivity contribution in [2.24, 2.45) is 5.41 Å². The number of likely N-dealkylation sites (tertiary alicyclic amines) is 1. The summed E-state index contributed by atoms with van der Waals surface area (Å²) < 4.78 is 5.36. The van der Waals surface area contributed by atoms with Gasteiger partial charge >= 0.3 is 0 Å². The summed E-state index contributed by atoms with van der Waals surface area (Å²) in [5, 5.41) is 3.98. The van der Waals surface area contributed by atoms with Crippen molar-refractivity contribution >= 4 is 5.91 Å². The monoisotopic (exact) mass is 344 g/mol. The lowest BCUT2D eigenvalue weighted by atomic mass is 9.56. The van der Waals surface area contributed by atoms with Crippen molar-refractivity contribution in [3.05, 3.63) is 78.0 Å². The molecule has 2 aromatic carbocycles. The van der Waals surface area contributed by atoms with Crippen LogP contribution in [0, 0.1) is 5.41 Å². The Hall–Kier alpha value is -2.88. The quantitative estimate of drug-likeness (QED) is 0.709. The van der Waals surface area contributed by atoms with Gasteiger partial charge in [0.2, 0.25) is 0 Å². The van der Waals surface area contributed by atoms with Gasteiger partial charge in [-0.25, -0.2) is 0 Å². The van der Waals surface area contributed by atoms with Crippen LogP contribution in [0.5, 0.6) is 0 Å². The minimum Gasteiger partial charge on any atom is -0.355 e. The minimum atomic E-state index is -0.0234. The molecule has 2 fully saturated rings. The molecule has 5 rings (SSSR count). The number of nitrogens with zero attached hydrogens (tertiary/aromatic N) is 2. The Morgan fingerprint density at radius 2 is 1.65 bits per heavy atom. The summed E-state index contributed by atoms with van der Waals surface area (Å²) in [6.07, 6.45) is 2.35. The van der Waals surface area contributed by atoms with Gasteiger partial charge in [0.25, 0.3) is 5.91 Å². The third-order valence-corrected chi connectivity index (χ3v) is 5.76. The summed E-state index contributed by atoms with van der Waals surface area (Å²) in [5.74, 6) is 1.26. The largest absolute Gasteiger partial charge is 0.355 e. The molecule has 0 N–H and O–H groups in total. The number of benzene rings is 2. The number of carbonyl (C=O) groups excluding carboxylic acids is 1. The van der Waals surface area contributed by atoms with Crippen LogP contribution >= 0.6 is 0 Å². The normalized spacial score (nSPS) is 18.4. The van der Waals surface area contributed by atoms with Crippen molar-refractivity contribution in [3.8, 4) is 11.3 Å². The predicted molar refractivity (Wildman–Crippen MR) is 98.7 cm³/mol. The summed E-state index contributed by atoms with van der Waals surface area (Å²) in [4.78, 5) is 14.6. The third kappa shape index (κ3) is 2.53. The molecule has 26 heavy (non-hydrogen) atoms. The van der Waals surface area contributed by atoms with Gasteiger partial charge in [-0.05, 0) is 24.3 Å². The maximum atomic E-state index is 12.7. The van der Waals surface area contributed by atoms with E-state index in [0.717, 1.165) is 18.7 Å². The average molecular weight is 344 g/mol. The first-order valence-electron chi connectivity index (χ1n) is 9.09. The van der Waals surface area contributed by atoms with Crippen LogP contribution in [0.3, 0.4) is 0 Å². The maximum Gasteiger partial charge on any atom is 0.276 e. The fourth-order valence-corrected chi connectivity index (χ4v) is 4.39. The molecule has 1 saturated heterocycles. The highest BCUT2D eigenvalue weighted by atomic mass is 16.5. The molecule has 1 saturated carbocycles. The van der Waals surface area contributed by atoms with Gasteiger partial charge in [0.15, 0.2) is 11.5 Å². The van der Waals surface area contributed by atoms with E-state index in [4.69, 9.17) is 4.52 Å². The van der Waals surface area contributed by atoms with Crippen LogP contribution in [-0.4, -0.2) is 29.1 Å². The first-order valence-corrected chi connectivity index (χ1v) is 9.09. The molecular formula is C22H20N2O2. The second-order valence-corrected chi connectivity index (χ2v) is 7.62. The van der Waals surface area contributed by atoms with Crippen molar-refractivity contribution in [1.82, 2.24) is 10.1 Å². The Morgan fingerprint density at radius 3 is 2.35 bits per heavy atom. The highest BCUT2D eigenvalue weighted by molar-refractivity contribution is 5.93. The molecule has 3 aromatic rings. The van der Waals surface area contributed by atoms with E-state index < -0.39 is 0 Å². The van der Waals surface area contributed by atoms with Crippen LogP contribution in [0.15, 0.2) is 71.3 Å². The Bertz CT molecular complexity index is 919. The van der Waals surface area contributed by atoms with Crippen molar-refractivity contribution in [2.45, 2.75) is 18.8 Å². The molecule has 0 atom stereocenters. The minimum absolute atomic E-state index is 0.0234. The number of hydrogen-bond acceptors (Lipinski definition) is 3. The van der Waals surface area contributed by atoms with Gasteiger partial charge in [0.05, 0.1) is 0 Å². The van der Waals surface area contributed by atoms with Crippen LogP contribution in [0.25, 0.3) is 11.3 Å². The molecule has 0 bridgehead atoms. The Balaban J connectivity index is 1.21. The van der Waals surface area contributed by atoms with E-state index in [2.05, 4.69) is 35.5 Å². The lowest BCUT2D eigenvalue weighted by molar-refractivity contribution is -0.0557. The van der Waals surface area contributed by atoms with E-state index in [9.17, 15) is 4.79 Å². The zero-order chi connectivity index (χ0) is 17.6. The number of carbonyl (C=O) groups is 1. The summed E-state index contributed by atoms with van der Waals surface area (Å²) in [6, 6.07) is 22.2. The molecule has 2 heterocycles. The lowest BCUT2D eigenvalue weighted by Crippen LogP contribution is -2.63. The van der Waals surface area contributed by atoms with Gasteiger partial charge in [-0.2, -0.15) is 0 Å². The molecule has 130 valence electrons. The summed E-state index contributed by atoms with van der Waals surface area (Å²) >= 11 is 0. The molecule has 1 aliphatic heterocycles. The standard InChI is InChI=1S/C22H20N2O2/c25-21(19-11-20(26-23-19)17-9-5-2-6-10-17)24-14-22(15-24)12-18(13-22)16-7-3-1-4-8-16/h1-11,18H,12-15H2. The number of amides is 1. The Morgan fingerprint density at radius 1 is 1.00 bits per heavy atom. The summed E-state index contributed by atoms with van der Waals surface area (Å²) in [5.41, 5.74) is 3.08. The topological polar surface area (TPSA) is 46.3 Å². The van der Waals surface area contributed by atoms with Crippen LogP contribution in [0.1, 0.15) is 34.8 Å². The van der Waals surface area contributed by atoms with E-state index in [0.29, 0.717) is 22.8 Å². The molecule has 1 spiro atoms. The third-order valence-electron chi connectivity index (χ3n) is 5.76. The number of rotatable bonds is 3. The molecule has 2 aliphatic rings. The zero-order valence-corrected chi connectivity index (χ0v) is 14.5. The SMILES string of the molecule is O=C(c1cc(-c2ccccc2)on1)N1CC2(CC(c3ccccc3)C2)C1. The van der Waals surface area contributed by atoms with Gasteiger partial charge < -0.3 is 9.42 Å². The Kier molecular flexibility index (Phi) is 3.45. The van der Waals surface area contributed by atoms with Crippen LogP contribution in [0.4, 0.5) is 0 Å². The van der Waals surface area contributed by atoms with Crippen LogP contribution in [0.2, 0.25) is 0 Å². The maximum absolute atomic E-state index is 12.7. The van der Waals surface area contributed by atoms with Crippen LogP contribution in [-0.2, 0) is 0 Å². The Labute approximate surface area is 152 Å². The zero-order valence-electron chi connectivity index (χ0n) is 14.5. The molecular weight excluding hydrogens is 324 g/mol. The van der Waals surface area contributed by atoms with Gasteiger partial charge in [0.1, 0.15) is 0 Å². The number of aromatic nitrogens is 1. The molecule has 4 heteroatoms. The highest BCUT2D eigenvalue weighted by Gasteiger charge is 2.54. The average Bonchev–Trinajstić information content (AvgIpc) is 3.11. The molecule has 0 radical (unpaired) electrons. The first-order chi connectivity index (χ1) is 12.7. The first kappa shape index (κ1) is 15.4. The molecule has 1 amide bonds. The number of hydrogen-bond donors (Lipinski definition) is 0. The lowest BCUT2D eigenvalue weighted by Gasteiger charge is -2.59. The van der Waals surface area contributed by atoms with E-state index in [1.54, 1.807) is 6.07 Å². The van der Waals surface area contributed by atoms with E-state index in [1.165, 1.54) is 18.4 Å². The van der Waals surface area contributed by atoms with Gasteiger partial charge in [-0.15, -0.1) is 0 Å². The second kappa shape index (κ2) is 5.84. The molecule has 4 nitrogen and oxygen atoms in total. The smallest absolute Gasteiger partial charge is 0.276 e. The van der Waals surface area contributed by atoms with Crippen molar-refractivity contribution in [2.75, 3.05) is 13.1 Å².